The van der Waals surface area contributed by atoms with Crippen molar-refractivity contribution in [3.05, 3.63) is 29.8 Å². The van der Waals surface area contributed by atoms with Crippen molar-refractivity contribution >= 4 is 15.9 Å². The van der Waals surface area contributed by atoms with Gasteiger partial charge < -0.3 is 5.32 Å². The molecule has 0 saturated heterocycles. The largest absolute Gasteiger partial charge is 0.352 e. The maximum atomic E-state index is 12.5. The molecule has 5 nitrogen and oxygen atoms in total. The van der Waals surface area contributed by atoms with Gasteiger partial charge in [0, 0.05) is 18.2 Å². The van der Waals surface area contributed by atoms with E-state index in [9.17, 15) is 13.2 Å². The first-order chi connectivity index (χ1) is 11.0. The van der Waals surface area contributed by atoms with Crippen molar-refractivity contribution in [1.82, 2.24) is 10.0 Å². The fraction of sp³-hybridized carbons (Fsp3) is 0.588. The highest BCUT2D eigenvalue weighted by Crippen LogP contribution is 2.20. The predicted molar refractivity (Wildman–Crippen MR) is 90.9 cm³/mol. The smallest absolute Gasteiger partial charge is 0.251 e. The van der Waals surface area contributed by atoms with Crippen LogP contribution >= 0.6 is 0 Å². The average molecular weight is 338 g/mol. The van der Waals surface area contributed by atoms with E-state index in [0.29, 0.717) is 12.1 Å². The quantitative estimate of drug-likeness (QED) is 0.751. The molecule has 1 amide bonds. The van der Waals surface area contributed by atoms with Gasteiger partial charge in [-0.2, -0.15) is 0 Å². The highest BCUT2D eigenvalue weighted by atomic mass is 32.2. The zero-order valence-electron chi connectivity index (χ0n) is 13.7. The Balaban J connectivity index is 2.06. The van der Waals surface area contributed by atoms with E-state index in [4.69, 9.17) is 0 Å². The number of nitrogens with one attached hydrogen (secondary N) is 2. The fourth-order valence-electron chi connectivity index (χ4n) is 2.79. The van der Waals surface area contributed by atoms with Gasteiger partial charge in [0.1, 0.15) is 0 Å². The van der Waals surface area contributed by atoms with Crippen LogP contribution in [-0.4, -0.2) is 26.9 Å². The predicted octanol–water partition coefficient (Wildman–Crippen LogP) is 2.83. The third kappa shape index (κ3) is 5.32. The Kier molecular flexibility index (Phi) is 6.59. The minimum atomic E-state index is -3.57. The maximum Gasteiger partial charge on any atom is 0.251 e. The fourth-order valence-corrected chi connectivity index (χ4v) is 4.14. The Labute approximate surface area is 138 Å². The molecule has 1 aliphatic carbocycles. The second-order valence-electron chi connectivity index (χ2n) is 6.09. The van der Waals surface area contributed by atoms with Gasteiger partial charge >= 0.3 is 0 Å². The second kappa shape index (κ2) is 8.45. The van der Waals surface area contributed by atoms with Crippen LogP contribution in [0, 0.1) is 0 Å². The summed E-state index contributed by atoms with van der Waals surface area (Å²) in [4.78, 5) is 12.2. The molecule has 1 aromatic carbocycles. The molecule has 2 rings (SSSR count). The van der Waals surface area contributed by atoms with Gasteiger partial charge in [-0.15, -0.1) is 0 Å². The lowest BCUT2D eigenvalue weighted by Crippen LogP contribution is -2.36. The molecular formula is C17H26N2O3S. The van der Waals surface area contributed by atoms with Gasteiger partial charge in [-0.05, 0) is 37.5 Å². The van der Waals surface area contributed by atoms with E-state index in [2.05, 4.69) is 17.0 Å². The van der Waals surface area contributed by atoms with Gasteiger partial charge in [0.2, 0.25) is 10.0 Å². The van der Waals surface area contributed by atoms with Gasteiger partial charge in [-0.25, -0.2) is 13.1 Å². The molecule has 0 heterocycles. The Hall–Kier alpha value is -1.40. The first-order valence-corrected chi connectivity index (χ1v) is 9.92. The van der Waals surface area contributed by atoms with Crippen LogP contribution in [0.2, 0.25) is 0 Å². The molecule has 2 N–H and O–H groups in total. The Morgan fingerprint density at radius 3 is 2.65 bits per heavy atom. The lowest BCUT2D eigenvalue weighted by Gasteiger charge is -2.22. The molecule has 1 aromatic rings. The number of hydrogen-bond donors (Lipinski definition) is 2. The number of unbranched alkanes of at least 4 members (excludes halogenated alkanes) is 1. The maximum absolute atomic E-state index is 12.5. The van der Waals surface area contributed by atoms with Crippen molar-refractivity contribution in [3.8, 4) is 0 Å². The zero-order chi connectivity index (χ0) is 16.7. The number of amides is 1. The molecule has 128 valence electrons. The van der Waals surface area contributed by atoms with Crippen LogP contribution in [0.3, 0.4) is 0 Å². The molecule has 0 spiro atoms. The second-order valence-corrected chi connectivity index (χ2v) is 7.81. The molecule has 0 aliphatic heterocycles. The zero-order valence-corrected chi connectivity index (χ0v) is 14.5. The van der Waals surface area contributed by atoms with E-state index in [1.165, 1.54) is 18.6 Å². The molecule has 0 unspecified atom stereocenters. The van der Waals surface area contributed by atoms with Crippen molar-refractivity contribution in [2.24, 2.45) is 0 Å². The normalized spacial score (nSPS) is 16.2. The van der Waals surface area contributed by atoms with E-state index >= 15 is 0 Å². The van der Waals surface area contributed by atoms with Gasteiger partial charge in [-0.3, -0.25) is 4.79 Å². The topological polar surface area (TPSA) is 75.3 Å². The summed E-state index contributed by atoms with van der Waals surface area (Å²) < 4.78 is 27.8. The summed E-state index contributed by atoms with van der Waals surface area (Å²) in [5.41, 5.74) is 0.382. The molecule has 1 saturated carbocycles. The number of hydrogen-bond acceptors (Lipinski definition) is 3. The summed E-state index contributed by atoms with van der Waals surface area (Å²) in [6, 6.07) is 6.25. The van der Waals surface area contributed by atoms with Crippen LogP contribution < -0.4 is 10.0 Å². The number of carbonyl (C=O) groups excluding carboxylic acids is 1. The minimum absolute atomic E-state index is 0.00999. The van der Waals surface area contributed by atoms with Crippen molar-refractivity contribution in [3.63, 3.8) is 0 Å². The molecular weight excluding hydrogens is 312 g/mol. The minimum Gasteiger partial charge on any atom is -0.352 e. The van der Waals surface area contributed by atoms with Gasteiger partial charge in [-0.1, -0.05) is 38.7 Å². The first kappa shape index (κ1) is 17.9. The highest BCUT2D eigenvalue weighted by molar-refractivity contribution is 7.89. The summed E-state index contributed by atoms with van der Waals surface area (Å²) in [6.45, 7) is 2.66. The highest BCUT2D eigenvalue weighted by Gasteiger charge is 2.22. The molecule has 0 aromatic heterocycles. The third-order valence-electron chi connectivity index (χ3n) is 4.15. The Morgan fingerprint density at radius 1 is 1.22 bits per heavy atom. The third-order valence-corrected chi connectivity index (χ3v) is 5.67. The monoisotopic (exact) mass is 338 g/mol. The summed E-state index contributed by atoms with van der Waals surface area (Å²) in [6.07, 6.45) is 6.98. The summed E-state index contributed by atoms with van der Waals surface area (Å²) in [5, 5.41) is 2.81. The Morgan fingerprint density at radius 2 is 1.96 bits per heavy atom. The van der Waals surface area contributed by atoms with Crippen LogP contribution in [-0.2, 0) is 10.0 Å². The van der Waals surface area contributed by atoms with Gasteiger partial charge in [0.25, 0.3) is 5.91 Å². The lowest BCUT2D eigenvalue weighted by molar-refractivity contribution is 0.0953. The molecule has 1 fully saturated rings. The number of carbonyl (C=O) groups is 1. The van der Waals surface area contributed by atoms with Crippen LogP contribution in [0.15, 0.2) is 29.2 Å². The van der Waals surface area contributed by atoms with Crippen molar-refractivity contribution in [2.45, 2.75) is 62.8 Å². The summed E-state index contributed by atoms with van der Waals surface area (Å²) in [5.74, 6) is -0.229. The standard InChI is InChI=1S/C17H26N2O3S/c1-2-3-12-18-17(20)14-8-7-11-16(13-14)23(21,22)19-15-9-5-4-6-10-15/h7-8,11,13,15,19H,2-6,9-10,12H2,1H3,(H,18,20). The van der Waals surface area contributed by atoms with E-state index in [1.54, 1.807) is 12.1 Å². The number of benzene rings is 1. The van der Waals surface area contributed by atoms with Crippen LogP contribution in [0.25, 0.3) is 0 Å². The number of rotatable bonds is 7. The van der Waals surface area contributed by atoms with Crippen LogP contribution in [0.4, 0.5) is 0 Å². The SMILES string of the molecule is CCCCNC(=O)c1cccc(S(=O)(=O)NC2CCCCC2)c1. The summed E-state index contributed by atoms with van der Waals surface area (Å²) in [7, 11) is -3.57. The average Bonchev–Trinajstić information content (AvgIpc) is 2.55. The lowest BCUT2D eigenvalue weighted by atomic mass is 9.96. The van der Waals surface area contributed by atoms with Crippen molar-refractivity contribution in [1.29, 1.82) is 0 Å². The van der Waals surface area contributed by atoms with E-state index in [0.717, 1.165) is 38.5 Å². The molecule has 0 radical (unpaired) electrons. The Bertz CT molecular complexity index is 622. The molecule has 0 bridgehead atoms. The summed E-state index contributed by atoms with van der Waals surface area (Å²) >= 11 is 0. The van der Waals surface area contributed by atoms with Crippen LogP contribution in [0.5, 0.6) is 0 Å². The molecule has 23 heavy (non-hydrogen) atoms. The molecule has 0 atom stereocenters. The van der Waals surface area contributed by atoms with Crippen LogP contribution in [0.1, 0.15) is 62.2 Å². The molecule has 6 heteroatoms. The first-order valence-electron chi connectivity index (χ1n) is 8.43. The van der Waals surface area contributed by atoms with E-state index in [-0.39, 0.29) is 16.8 Å². The van der Waals surface area contributed by atoms with Crippen molar-refractivity contribution in [2.75, 3.05) is 6.54 Å². The van der Waals surface area contributed by atoms with Gasteiger partial charge in [0.05, 0.1) is 4.90 Å². The number of sulfonamides is 1. The van der Waals surface area contributed by atoms with Crippen molar-refractivity contribution < 1.29 is 13.2 Å². The van der Waals surface area contributed by atoms with Gasteiger partial charge in [0.15, 0.2) is 0 Å². The van der Waals surface area contributed by atoms with E-state index < -0.39 is 10.0 Å². The molecule has 1 aliphatic rings. The van der Waals surface area contributed by atoms with E-state index in [1.807, 2.05) is 0 Å².